The standard InChI is InChI=1S/C48H46N2/c1-3-12-33(13-4-1)35-22-26-39(27-23-35)49-45-20-9-7-18-41(45)43-31-37(24-28-47(43)49)38-25-29-48-44(32-38)42-19-8-10-21-46(42)50(48)40-17-11-16-36(30-40)34-14-5-2-6-15-34/h2,5-7,9,12,14-16,18,20,22-23,26-32,37-38H,1,3-4,8,10-11,13,17,19,21,24-25H2. The van der Waals surface area contributed by atoms with E-state index in [4.69, 9.17) is 0 Å². The highest BCUT2D eigenvalue weighted by Gasteiger charge is 2.27. The molecule has 10 rings (SSSR count). The molecule has 0 spiro atoms. The lowest BCUT2D eigenvalue weighted by Gasteiger charge is -2.24. The summed E-state index contributed by atoms with van der Waals surface area (Å²) < 4.78 is 5.21. The van der Waals surface area contributed by atoms with Gasteiger partial charge >= 0.3 is 0 Å². The van der Waals surface area contributed by atoms with Crippen molar-refractivity contribution in [1.29, 1.82) is 0 Å². The smallest absolute Gasteiger partial charge is 0.0540 e. The first-order valence-electron chi connectivity index (χ1n) is 19.3. The highest BCUT2D eigenvalue weighted by atomic mass is 15.0. The van der Waals surface area contributed by atoms with Crippen LogP contribution >= 0.6 is 0 Å². The number of hydrogen-bond donors (Lipinski definition) is 0. The van der Waals surface area contributed by atoms with Gasteiger partial charge in [0.1, 0.15) is 0 Å². The maximum absolute atomic E-state index is 2.70. The minimum Gasteiger partial charge on any atom is -0.317 e. The van der Waals surface area contributed by atoms with Crippen LogP contribution in [0.2, 0.25) is 0 Å². The maximum Gasteiger partial charge on any atom is 0.0540 e. The molecule has 2 heterocycles. The monoisotopic (exact) mass is 650 g/mol. The Morgan fingerprint density at radius 3 is 2.10 bits per heavy atom. The molecular weight excluding hydrogens is 605 g/mol. The van der Waals surface area contributed by atoms with E-state index in [1.165, 1.54) is 112 Å². The lowest BCUT2D eigenvalue weighted by molar-refractivity contribution is 0.543. The zero-order valence-corrected chi connectivity index (χ0v) is 29.1. The summed E-state index contributed by atoms with van der Waals surface area (Å²) in [7, 11) is 0. The summed E-state index contributed by atoms with van der Waals surface area (Å²) in [4.78, 5) is 0. The second kappa shape index (κ2) is 12.5. The van der Waals surface area contributed by atoms with E-state index in [-0.39, 0.29) is 0 Å². The molecule has 248 valence electrons. The fourth-order valence-electron chi connectivity index (χ4n) is 9.78. The summed E-state index contributed by atoms with van der Waals surface area (Å²) in [5, 5.41) is 7.17. The molecule has 0 N–H and O–H groups in total. The molecule has 2 nitrogen and oxygen atoms in total. The van der Waals surface area contributed by atoms with Gasteiger partial charge in [-0.15, -0.1) is 0 Å². The van der Waals surface area contributed by atoms with Gasteiger partial charge in [0.2, 0.25) is 0 Å². The molecule has 5 aromatic rings. The third-order valence-electron chi connectivity index (χ3n) is 12.2. The van der Waals surface area contributed by atoms with Crippen LogP contribution in [-0.4, -0.2) is 9.13 Å². The first-order valence-corrected chi connectivity index (χ1v) is 19.3. The molecule has 2 unspecified atom stereocenters. The Labute approximate surface area is 295 Å². The molecule has 2 atom stereocenters. The van der Waals surface area contributed by atoms with Crippen molar-refractivity contribution in [3.05, 3.63) is 141 Å². The largest absolute Gasteiger partial charge is 0.317 e. The van der Waals surface area contributed by atoms with Gasteiger partial charge in [0, 0.05) is 38.4 Å². The quantitative estimate of drug-likeness (QED) is 0.180. The van der Waals surface area contributed by atoms with Crippen LogP contribution in [0.3, 0.4) is 0 Å². The first kappa shape index (κ1) is 30.0. The Bertz CT molecular complexity index is 2480. The molecule has 3 aromatic carbocycles. The first-order chi connectivity index (χ1) is 24.8. The topological polar surface area (TPSA) is 9.86 Å². The van der Waals surface area contributed by atoms with Crippen LogP contribution < -0.4 is 21.1 Å². The van der Waals surface area contributed by atoms with E-state index < -0.39 is 0 Å². The summed E-state index contributed by atoms with van der Waals surface area (Å²) in [6.45, 7) is 0. The van der Waals surface area contributed by atoms with Crippen molar-refractivity contribution < 1.29 is 0 Å². The fraction of sp³-hybridized carbons (Fsp3) is 0.292. The lowest BCUT2D eigenvalue weighted by atomic mass is 9.81. The van der Waals surface area contributed by atoms with E-state index in [1.807, 2.05) is 0 Å². The van der Waals surface area contributed by atoms with Crippen molar-refractivity contribution in [3.8, 4) is 5.69 Å². The fourth-order valence-corrected chi connectivity index (χ4v) is 9.78. The molecule has 0 saturated heterocycles. The van der Waals surface area contributed by atoms with Crippen molar-refractivity contribution >= 4 is 52.1 Å². The Morgan fingerprint density at radius 2 is 1.28 bits per heavy atom. The van der Waals surface area contributed by atoms with Crippen LogP contribution in [0, 0.1) is 11.8 Å². The van der Waals surface area contributed by atoms with Gasteiger partial charge in [-0.2, -0.15) is 0 Å². The van der Waals surface area contributed by atoms with Gasteiger partial charge in [0.05, 0.1) is 5.52 Å². The number of aromatic nitrogens is 2. The van der Waals surface area contributed by atoms with Crippen molar-refractivity contribution in [3.63, 3.8) is 0 Å². The minimum atomic E-state index is 0.496. The molecule has 5 aliphatic carbocycles. The van der Waals surface area contributed by atoms with Crippen LogP contribution in [0.5, 0.6) is 0 Å². The number of hydrogen-bond acceptors (Lipinski definition) is 0. The molecule has 2 aromatic heterocycles. The molecule has 0 fully saturated rings. The van der Waals surface area contributed by atoms with E-state index in [0.717, 1.165) is 25.7 Å². The van der Waals surface area contributed by atoms with Crippen molar-refractivity contribution in [1.82, 2.24) is 9.13 Å². The zero-order chi connectivity index (χ0) is 33.0. The molecular formula is C48H46N2. The summed E-state index contributed by atoms with van der Waals surface area (Å²) in [5.41, 5.74) is 12.9. The number of nitrogens with zero attached hydrogens (tertiary/aromatic N) is 2. The Balaban J connectivity index is 1.03. The van der Waals surface area contributed by atoms with Crippen LogP contribution in [0.1, 0.15) is 86.6 Å². The molecule has 0 aliphatic heterocycles. The van der Waals surface area contributed by atoms with Gasteiger partial charge in [-0.25, -0.2) is 0 Å². The van der Waals surface area contributed by atoms with Gasteiger partial charge in [-0.3, -0.25) is 0 Å². The number of rotatable bonds is 5. The van der Waals surface area contributed by atoms with Gasteiger partial charge < -0.3 is 9.13 Å². The summed E-state index contributed by atoms with van der Waals surface area (Å²) in [6, 6.07) is 29.4. The van der Waals surface area contributed by atoms with Crippen molar-refractivity contribution in [2.75, 3.05) is 0 Å². The van der Waals surface area contributed by atoms with E-state index in [2.05, 4.69) is 131 Å². The zero-order valence-electron chi connectivity index (χ0n) is 29.1. The summed E-state index contributed by atoms with van der Waals surface area (Å²) in [5.74, 6) is 1.01. The SMILES string of the molecule is C1=C(c2ccccc2)C=C(n2c3c(c4c2=CCC(C2C=c5c(n(-c6ccc(C7=CCCCC7)cc6)c6ccccc56)=CC2)C=4)CCCC3)CC1. The Hall–Kier alpha value is -4.82. The molecule has 0 saturated carbocycles. The third kappa shape index (κ3) is 5.06. The highest BCUT2D eigenvalue weighted by molar-refractivity contribution is 5.85. The normalized spacial score (nSPS) is 21.2. The predicted molar refractivity (Wildman–Crippen MR) is 211 cm³/mol. The van der Waals surface area contributed by atoms with E-state index in [1.54, 1.807) is 16.5 Å². The van der Waals surface area contributed by atoms with Crippen LogP contribution in [-0.2, 0) is 12.8 Å². The summed E-state index contributed by atoms with van der Waals surface area (Å²) >= 11 is 0. The van der Waals surface area contributed by atoms with Crippen LogP contribution in [0.25, 0.3) is 57.7 Å². The molecule has 50 heavy (non-hydrogen) atoms. The third-order valence-corrected chi connectivity index (χ3v) is 12.2. The molecule has 0 bridgehead atoms. The predicted octanol–water partition coefficient (Wildman–Crippen LogP) is 8.85. The molecule has 2 heteroatoms. The highest BCUT2D eigenvalue weighted by Crippen LogP contribution is 2.33. The second-order valence-electron chi connectivity index (χ2n) is 15.2. The van der Waals surface area contributed by atoms with Crippen LogP contribution in [0.4, 0.5) is 0 Å². The van der Waals surface area contributed by atoms with Gasteiger partial charge in [0.25, 0.3) is 0 Å². The maximum atomic E-state index is 2.70. The van der Waals surface area contributed by atoms with Gasteiger partial charge in [-0.1, -0.05) is 97.1 Å². The molecule has 5 aliphatic rings. The molecule has 0 amide bonds. The number of benzene rings is 3. The van der Waals surface area contributed by atoms with E-state index >= 15 is 0 Å². The minimum absolute atomic E-state index is 0.496. The van der Waals surface area contributed by atoms with Gasteiger partial charge in [0.15, 0.2) is 0 Å². The van der Waals surface area contributed by atoms with Gasteiger partial charge in [-0.05, 0) is 146 Å². The Morgan fingerprint density at radius 1 is 0.540 bits per heavy atom. The average Bonchev–Trinajstić information content (AvgIpc) is 3.71. The number of allylic oxidation sites excluding steroid dienone is 6. The average molecular weight is 651 g/mol. The van der Waals surface area contributed by atoms with E-state index in [0.29, 0.717) is 11.8 Å². The summed E-state index contributed by atoms with van der Waals surface area (Å²) in [6.07, 6.45) is 32.3. The molecule has 0 radical (unpaired) electrons. The second-order valence-corrected chi connectivity index (χ2v) is 15.2. The van der Waals surface area contributed by atoms with Crippen molar-refractivity contribution in [2.45, 2.75) is 77.0 Å². The number of para-hydroxylation sites is 1. The van der Waals surface area contributed by atoms with E-state index in [9.17, 15) is 0 Å². The lowest BCUT2D eigenvalue weighted by Crippen LogP contribution is -2.37. The Kier molecular flexibility index (Phi) is 7.51. The number of fused-ring (bicyclic) bond motifs is 6. The van der Waals surface area contributed by atoms with Crippen molar-refractivity contribution in [2.24, 2.45) is 11.8 Å². The van der Waals surface area contributed by atoms with Crippen LogP contribution in [0.15, 0.2) is 97.1 Å².